The minimum Gasteiger partial charge on any atom is -0.369 e. The summed E-state index contributed by atoms with van der Waals surface area (Å²) in [6, 6.07) is 17.6. The van der Waals surface area contributed by atoms with Gasteiger partial charge in [0.25, 0.3) is 0 Å². The lowest BCUT2D eigenvalue weighted by Crippen LogP contribution is -2.47. The predicted octanol–water partition coefficient (Wildman–Crippen LogP) is 2.07. The maximum absolute atomic E-state index is 12.9. The van der Waals surface area contributed by atoms with E-state index in [0.717, 1.165) is 5.56 Å². The highest BCUT2D eigenvalue weighted by Gasteiger charge is 2.56. The summed E-state index contributed by atoms with van der Waals surface area (Å²) >= 11 is 0. The van der Waals surface area contributed by atoms with Crippen LogP contribution in [0.5, 0.6) is 0 Å². The highest BCUT2D eigenvalue weighted by atomic mass is 32.2. The van der Waals surface area contributed by atoms with Crippen LogP contribution in [0.4, 0.5) is 13.2 Å². The van der Waals surface area contributed by atoms with Gasteiger partial charge in [0.1, 0.15) is 12.2 Å². The number of alkyl halides is 3. The van der Waals surface area contributed by atoms with Gasteiger partial charge in [0.05, 0.1) is 19.3 Å². The van der Waals surface area contributed by atoms with Crippen molar-refractivity contribution in [2.45, 2.75) is 49.4 Å². The second kappa shape index (κ2) is 10.9. The number of rotatable bonds is 10. The third-order valence-corrected chi connectivity index (χ3v) is 5.98. The van der Waals surface area contributed by atoms with Gasteiger partial charge in [0.2, 0.25) is 0 Å². The van der Waals surface area contributed by atoms with E-state index in [1.54, 1.807) is 54.6 Å². The molecule has 0 radical (unpaired) electrons. The molecular weight excluding hydrogens is 467 g/mol. The third kappa shape index (κ3) is 6.51. The Balaban J connectivity index is 1.81. The average molecular weight is 491 g/mol. The Kier molecular flexibility index (Phi) is 8.45. The second-order valence-corrected chi connectivity index (χ2v) is 8.85. The maximum atomic E-state index is 12.9. The van der Waals surface area contributed by atoms with Crippen LogP contribution in [-0.4, -0.2) is 56.3 Å². The molecule has 0 amide bonds. The van der Waals surface area contributed by atoms with E-state index in [0.29, 0.717) is 5.56 Å². The van der Waals surface area contributed by atoms with Gasteiger partial charge in [-0.2, -0.15) is 21.6 Å². The SMILES string of the molecule is NC[C@H](OCc1ccccc1)[C@H]1OC(O)[C@H](OS(=O)(=O)C(F)(F)F)[C@H]1OCc1ccccc1. The molecule has 1 saturated heterocycles. The zero-order chi connectivity index (χ0) is 24.1. The van der Waals surface area contributed by atoms with Crippen LogP contribution in [0.3, 0.4) is 0 Å². The predicted molar refractivity (Wildman–Crippen MR) is 110 cm³/mol. The topological polar surface area (TPSA) is 117 Å². The maximum Gasteiger partial charge on any atom is 0.523 e. The average Bonchev–Trinajstić information content (AvgIpc) is 3.08. The van der Waals surface area contributed by atoms with Crippen LogP contribution in [0.1, 0.15) is 11.1 Å². The van der Waals surface area contributed by atoms with Crippen molar-refractivity contribution in [3.63, 3.8) is 0 Å². The molecule has 182 valence electrons. The summed E-state index contributed by atoms with van der Waals surface area (Å²) in [5.41, 5.74) is 1.56. The molecule has 1 aliphatic rings. The van der Waals surface area contributed by atoms with Gasteiger partial charge in [0.15, 0.2) is 12.4 Å². The van der Waals surface area contributed by atoms with Crippen molar-refractivity contribution in [1.29, 1.82) is 0 Å². The number of aliphatic hydroxyl groups excluding tert-OH is 1. The van der Waals surface area contributed by atoms with E-state index in [1.165, 1.54) is 0 Å². The van der Waals surface area contributed by atoms with Crippen molar-refractivity contribution < 1.29 is 45.1 Å². The summed E-state index contributed by atoms with van der Waals surface area (Å²) in [7, 11) is -6.03. The first-order chi connectivity index (χ1) is 15.6. The Bertz CT molecular complexity index is 976. The van der Waals surface area contributed by atoms with Crippen molar-refractivity contribution in [3.05, 3.63) is 71.8 Å². The van der Waals surface area contributed by atoms with E-state index in [1.807, 2.05) is 6.07 Å². The van der Waals surface area contributed by atoms with Gasteiger partial charge in [0, 0.05) is 6.54 Å². The highest BCUT2D eigenvalue weighted by Crippen LogP contribution is 2.34. The molecule has 0 saturated carbocycles. The number of nitrogens with two attached hydrogens (primary N) is 1. The van der Waals surface area contributed by atoms with Crippen LogP contribution in [0, 0.1) is 0 Å². The Morgan fingerprint density at radius 1 is 0.970 bits per heavy atom. The Labute approximate surface area is 189 Å². The fraction of sp³-hybridized carbons (Fsp3) is 0.429. The summed E-state index contributed by atoms with van der Waals surface area (Å²) in [5.74, 6) is 0. The highest BCUT2D eigenvalue weighted by molar-refractivity contribution is 7.87. The Hall–Kier alpha value is -2.06. The fourth-order valence-electron chi connectivity index (χ4n) is 3.30. The molecule has 2 aromatic carbocycles. The van der Waals surface area contributed by atoms with Crippen LogP contribution >= 0.6 is 0 Å². The van der Waals surface area contributed by atoms with Crippen molar-refractivity contribution in [3.8, 4) is 0 Å². The summed E-state index contributed by atoms with van der Waals surface area (Å²) in [6.45, 7) is -0.162. The zero-order valence-corrected chi connectivity index (χ0v) is 18.1. The number of benzene rings is 2. The van der Waals surface area contributed by atoms with E-state index in [4.69, 9.17) is 19.9 Å². The Morgan fingerprint density at radius 3 is 2.03 bits per heavy atom. The lowest BCUT2D eigenvalue weighted by atomic mass is 10.1. The largest absolute Gasteiger partial charge is 0.523 e. The molecule has 0 aliphatic carbocycles. The summed E-state index contributed by atoms with van der Waals surface area (Å²) in [5, 5.41) is 10.2. The normalized spacial score (nSPS) is 24.6. The smallest absolute Gasteiger partial charge is 0.369 e. The number of hydrogen-bond donors (Lipinski definition) is 2. The van der Waals surface area contributed by atoms with Crippen molar-refractivity contribution in [2.24, 2.45) is 5.73 Å². The molecule has 5 atom stereocenters. The van der Waals surface area contributed by atoms with Crippen LogP contribution in [0.15, 0.2) is 60.7 Å². The lowest BCUT2D eigenvalue weighted by molar-refractivity contribution is -0.155. The first-order valence-electron chi connectivity index (χ1n) is 9.96. The van der Waals surface area contributed by atoms with Gasteiger partial charge < -0.3 is 25.1 Å². The van der Waals surface area contributed by atoms with Crippen LogP contribution in [0.2, 0.25) is 0 Å². The second-order valence-electron chi connectivity index (χ2n) is 7.28. The first kappa shape index (κ1) is 25.6. The Morgan fingerprint density at radius 2 is 1.52 bits per heavy atom. The molecule has 1 aliphatic heterocycles. The van der Waals surface area contributed by atoms with Gasteiger partial charge in [-0.3, -0.25) is 4.18 Å². The third-order valence-electron chi connectivity index (χ3n) is 4.94. The molecule has 2 aromatic rings. The summed E-state index contributed by atoms with van der Waals surface area (Å²) in [6.07, 6.45) is -7.59. The number of ether oxygens (including phenoxy) is 3. The van der Waals surface area contributed by atoms with Crippen molar-refractivity contribution in [2.75, 3.05) is 6.54 Å². The van der Waals surface area contributed by atoms with E-state index in [9.17, 15) is 26.7 Å². The van der Waals surface area contributed by atoms with Crippen LogP contribution in [-0.2, 0) is 41.7 Å². The fourth-order valence-corrected chi connectivity index (χ4v) is 3.90. The molecule has 0 aromatic heterocycles. The molecule has 0 bridgehead atoms. The van der Waals surface area contributed by atoms with E-state index in [2.05, 4.69) is 4.18 Å². The van der Waals surface area contributed by atoms with Gasteiger partial charge in [-0.05, 0) is 11.1 Å². The molecule has 1 heterocycles. The number of halogens is 3. The zero-order valence-electron chi connectivity index (χ0n) is 17.3. The van der Waals surface area contributed by atoms with Gasteiger partial charge in [-0.1, -0.05) is 60.7 Å². The van der Waals surface area contributed by atoms with E-state index < -0.39 is 46.3 Å². The first-order valence-corrected chi connectivity index (χ1v) is 11.4. The number of aliphatic hydroxyl groups is 1. The van der Waals surface area contributed by atoms with E-state index in [-0.39, 0.29) is 19.8 Å². The standard InChI is InChI=1S/C21H24F3NO7S/c22-21(23,24)33(27,28)32-19-18(30-13-15-9-5-2-6-10-15)17(31-20(19)26)16(11-25)29-12-14-7-3-1-4-8-14/h1-10,16-20,26H,11-13,25H2/t16-,17+,18-,19+,20?/m0/s1. The minimum absolute atomic E-state index is 0.0937. The number of hydrogen-bond acceptors (Lipinski definition) is 8. The molecule has 3 N–H and O–H groups in total. The lowest BCUT2D eigenvalue weighted by Gasteiger charge is -2.28. The molecule has 3 rings (SSSR count). The molecular formula is C21H24F3NO7S. The van der Waals surface area contributed by atoms with Gasteiger partial charge >= 0.3 is 15.6 Å². The van der Waals surface area contributed by atoms with Gasteiger partial charge in [-0.15, -0.1) is 0 Å². The van der Waals surface area contributed by atoms with Crippen molar-refractivity contribution in [1.82, 2.24) is 0 Å². The van der Waals surface area contributed by atoms with Crippen LogP contribution in [0.25, 0.3) is 0 Å². The molecule has 1 unspecified atom stereocenters. The van der Waals surface area contributed by atoms with Crippen molar-refractivity contribution >= 4 is 10.1 Å². The molecule has 1 fully saturated rings. The summed E-state index contributed by atoms with van der Waals surface area (Å²) < 4.78 is 83.0. The minimum atomic E-state index is -6.03. The van der Waals surface area contributed by atoms with Crippen LogP contribution < -0.4 is 5.73 Å². The van der Waals surface area contributed by atoms with Gasteiger partial charge in [-0.25, -0.2) is 0 Å². The van der Waals surface area contributed by atoms with E-state index >= 15 is 0 Å². The molecule has 0 spiro atoms. The molecule has 33 heavy (non-hydrogen) atoms. The monoisotopic (exact) mass is 491 g/mol. The molecule has 8 nitrogen and oxygen atoms in total. The summed E-state index contributed by atoms with van der Waals surface area (Å²) in [4.78, 5) is 0. The molecule has 12 heteroatoms. The quantitative estimate of drug-likeness (QED) is 0.383.